The molecular formula is C16H12N2O. The number of benzene rings is 2. The van der Waals surface area contributed by atoms with Crippen LogP contribution in [0.25, 0.3) is 22.2 Å². The van der Waals surface area contributed by atoms with Gasteiger partial charge in [-0.1, -0.05) is 24.3 Å². The summed E-state index contributed by atoms with van der Waals surface area (Å²) in [4.78, 5) is 14.8. The lowest BCUT2D eigenvalue weighted by Crippen LogP contribution is -2.03. The summed E-state index contributed by atoms with van der Waals surface area (Å²) in [5.41, 5.74) is 5.34. The van der Waals surface area contributed by atoms with Crippen molar-refractivity contribution < 1.29 is 4.79 Å². The van der Waals surface area contributed by atoms with E-state index in [-0.39, 0.29) is 5.91 Å². The molecule has 0 saturated carbocycles. The van der Waals surface area contributed by atoms with Crippen molar-refractivity contribution in [1.82, 2.24) is 4.98 Å². The largest absolute Gasteiger partial charge is 0.355 e. The molecule has 0 fully saturated rings. The van der Waals surface area contributed by atoms with E-state index < -0.39 is 0 Å². The first-order chi connectivity index (χ1) is 9.29. The second-order valence-electron chi connectivity index (χ2n) is 4.87. The zero-order valence-electron chi connectivity index (χ0n) is 10.2. The van der Waals surface area contributed by atoms with Crippen LogP contribution in [0.1, 0.15) is 5.56 Å². The van der Waals surface area contributed by atoms with Gasteiger partial charge in [0.1, 0.15) is 0 Å². The molecule has 0 aliphatic carbocycles. The lowest BCUT2D eigenvalue weighted by Gasteiger charge is -2.02. The Morgan fingerprint density at radius 1 is 1.00 bits per heavy atom. The molecule has 3 heteroatoms. The van der Waals surface area contributed by atoms with E-state index in [1.807, 2.05) is 24.3 Å². The van der Waals surface area contributed by atoms with Crippen LogP contribution in [0.4, 0.5) is 5.69 Å². The van der Waals surface area contributed by atoms with Crippen molar-refractivity contribution in [1.29, 1.82) is 0 Å². The summed E-state index contributed by atoms with van der Waals surface area (Å²) in [7, 11) is 0. The van der Waals surface area contributed by atoms with Crippen LogP contribution in [0.5, 0.6) is 0 Å². The van der Waals surface area contributed by atoms with Gasteiger partial charge in [-0.15, -0.1) is 0 Å². The standard InChI is InChI=1S/C16H12N2O/c19-16-9-12-7-11(5-6-14(12)18-16)15-8-10-3-1-2-4-13(10)17-15/h1-8,17H,9H2,(H,18,19). The van der Waals surface area contributed by atoms with Gasteiger partial charge < -0.3 is 10.3 Å². The van der Waals surface area contributed by atoms with Gasteiger partial charge >= 0.3 is 0 Å². The third-order valence-corrected chi connectivity index (χ3v) is 3.57. The zero-order valence-corrected chi connectivity index (χ0v) is 10.2. The minimum absolute atomic E-state index is 0.0730. The van der Waals surface area contributed by atoms with Crippen LogP contribution >= 0.6 is 0 Å². The fourth-order valence-electron chi connectivity index (χ4n) is 2.63. The number of para-hydroxylation sites is 1. The van der Waals surface area contributed by atoms with Crippen molar-refractivity contribution in [2.45, 2.75) is 6.42 Å². The first kappa shape index (κ1) is 10.4. The summed E-state index contributed by atoms with van der Waals surface area (Å²) >= 11 is 0. The number of anilines is 1. The highest BCUT2D eigenvalue weighted by Crippen LogP contribution is 2.30. The van der Waals surface area contributed by atoms with Crippen LogP contribution in [-0.2, 0) is 11.2 Å². The number of carbonyl (C=O) groups is 1. The molecule has 2 N–H and O–H groups in total. The lowest BCUT2D eigenvalue weighted by atomic mass is 10.1. The van der Waals surface area contributed by atoms with Gasteiger partial charge in [-0.3, -0.25) is 4.79 Å². The van der Waals surface area contributed by atoms with Gasteiger partial charge in [0.2, 0.25) is 5.91 Å². The normalized spacial score (nSPS) is 13.6. The Hall–Kier alpha value is -2.55. The Morgan fingerprint density at radius 3 is 2.79 bits per heavy atom. The first-order valence-corrected chi connectivity index (χ1v) is 6.30. The monoisotopic (exact) mass is 248 g/mol. The maximum atomic E-state index is 11.4. The van der Waals surface area contributed by atoms with Crippen LogP contribution in [0.15, 0.2) is 48.5 Å². The van der Waals surface area contributed by atoms with E-state index in [1.54, 1.807) is 0 Å². The smallest absolute Gasteiger partial charge is 0.228 e. The Balaban J connectivity index is 1.84. The van der Waals surface area contributed by atoms with E-state index in [2.05, 4.69) is 34.6 Å². The Kier molecular flexibility index (Phi) is 2.03. The molecule has 0 bridgehead atoms. The van der Waals surface area contributed by atoms with Crippen molar-refractivity contribution in [2.75, 3.05) is 5.32 Å². The molecular weight excluding hydrogens is 236 g/mol. The molecule has 0 atom stereocenters. The fraction of sp³-hybridized carbons (Fsp3) is 0.0625. The highest BCUT2D eigenvalue weighted by Gasteiger charge is 2.18. The highest BCUT2D eigenvalue weighted by atomic mass is 16.1. The molecule has 1 aliphatic rings. The third-order valence-electron chi connectivity index (χ3n) is 3.57. The number of hydrogen-bond acceptors (Lipinski definition) is 1. The summed E-state index contributed by atoms with van der Waals surface area (Å²) in [6.07, 6.45) is 0.476. The quantitative estimate of drug-likeness (QED) is 0.681. The molecule has 2 heterocycles. The molecule has 0 saturated heterocycles. The van der Waals surface area contributed by atoms with Crippen molar-refractivity contribution >= 4 is 22.5 Å². The molecule has 0 spiro atoms. The van der Waals surface area contributed by atoms with Gasteiger partial charge in [-0.2, -0.15) is 0 Å². The van der Waals surface area contributed by atoms with E-state index in [0.717, 1.165) is 28.0 Å². The third kappa shape index (κ3) is 1.63. The minimum Gasteiger partial charge on any atom is -0.355 e. The number of nitrogens with one attached hydrogen (secondary N) is 2. The molecule has 19 heavy (non-hydrogen) atoms. The van der Waals surface area contributed by atoms with Crippen LogP contribution in [-0.4, -0.2) is 10.9 Å². The molecule has 92 valence electrons. The summed E-state index contributed by atoms with van der Waals surface area (Å²) in [5.74, 6) is 0.0730. The molecule has 0 unspecified atom stereocenters. The molecule has 1 aliphatic heterocycles. The topological polar surface area (TPSA) is 44.9 Å². The van der Waals surface area contributed by atoms with Gasteiger partial charge in [0.15, 0.2) is 0 Å². The van der Waals surface area contributed by atoms with Gasteiger partial charge in [0.05, 0.1) is 6.42 Å². The van der Waals surface area contributed by atoms with Gasteiger partial charge in [0, 0.05) is 22.3 Å². The SMILES string of the molecule is O=C1Cc2cc(-c3cc4ccccc4[nH]3)ccc2N1. The second kappa shape index (κ2) is 3.72. The van der Waals surface area contributed by atoms with E-state index in [4.69, 9.17) is 0 Å². The molecule has 3 nitrogen and oxygen atoms in total. The lowest BCUT2D eigenvalue weighted by molar-refractivity contribution is -0.115. The zero-order chi connectivity index (χ0) is 12.8. The van der Waals surface area contributed by atoms with E-state index in [1.165, 1.54) is 5.39 Å². The Labute approximate surface area is 110 Å². The number of aromatic amines is 1. The van der Waals surface area contributed by atoms with Crippen molar-refractivity contribution in [3.05, 3.63) is 54.1 Å². The van der Waals surface area contributed by atoms with Crippen LogP contribution < -0.4 is 5.32 Å². The van der Waals surface area contributed by atoms with Crippen molar-refractivity contribution in [2.24, 2.45) is 0 Å². The molecule has 1 aromatic heterocycles. The first-order valence-electron chi connectivity index (χ1n) is 6.30. The molecule has 4 rings (SSSR count). The van der Waals surface area contributed by atoms with E-state index in [9.17, 15) is 4.79 Å². The summed E-state index contributed by atoms with van der Waals surface area (Å²) in [6.45, 7) is 0. The number of fused-ring (bicyclic) bond motifs is 2. The number of amides is 1. The average Bonchev–Trinajstić information content (AvgIpc) is 2.99. The van der Waals surface area contributed by atoms with Gasteiger partial charge in [0.25, 0.3) is 0 Å². The second-order valence-corrected chi connectivity index (χ2v) is 4.87. The van der Waals surface area contributed by atoms with Gasteiger partial charge in [-0.25, -0.2) is 0 Å². The molecule has 3 aromatic rings. The van der Waals surface area contributed by atoms with Crippen LogP contribution in [0.2, 0.25) is 0 Å². The van der Waals surface area contributed by atoms with E-state index >= 15 is 0 Å². The van der Waals surface area contributed by atoms with Crippen LogP contribution in [0.3, 0.4) is 0 Å². The van der Waals surface area contributed by atoms with Crippen LogP contribution in [0, 0.1) is 0 Å². The molecule has 1 amide bonds. The number of aromatic nitrogens is 1. The number of carbonyl (C=O) groups excluding carboxylic acids is 1. The maximum Gasteiger partial charge on any atom is 0.228 e. The predicted octanol–water partition coefficient (Wildman–Crippen LogP) is 3.33. The number of rotatable bonds is 1. The summed E-state index contributed by atoms with van der Waals surface area (Å²) in [5, 5.41) is 4.05. The predicted molar refractivity (Wildman–Crippen MR) is 76.1 cm³/mol. The number of hydrogen-bond donors (Lipinski definition) is 2. The highest BCUT2D eigenvalue weighted by molar-refractivity contribution is 5.99. The van der Waals surface area contributed by atoms with E-state index in [0.29, 0.717) is 6.42 Å². The Bertz CT molecular complexity index is 768. The summed E-state index contributed by atoms with van der Waals surface area (Å²) in [6, 6.07) is 16.4. The molecule has 2 aromatic carbocycles. The summed E-state index contributed by atoms with van der Waals surface area (Å²) < 4.78 is 0. The average molecular weight is 248 g/mol. The van der Waals surface area contributed by atoms with Crippen molar-refractivity contribution in [3.63, 3.8) is 0 Å². The fourth-order valence-corrected chi connectivity index (χ4v) is 2.63. The van der Waals surface area contributed by atoms with Crippen molar-refractivity contribution in [3.8, 4) is 11.3 Å². The minimum atomic E-state index is 0.0730. The Morgan fingerprint density at radius 2 is 1.89 bits per heavy atom. The maximum absolute atomic E-state index is 11.4. The molecule has 0 radical (unpaired) electrons. The van der Waals surface area contributed by atoms with Gasteiger partial charge in [-0.05, 0) is 35.4 Å². The number of H-pyrrole nitrogens is 1.